The summed E-state index contributed by atoms with van der Waals surface area (Å²) in [5.41, 5.74) is 0. The second kappa shape index (κ2) is 14.5. The van der Waals surface area contributed by atoms with Crippen LogP contribution < -0.4 is 0 Å². The van der Waals surface area contributed by atoms with Crippen LogP contribution in [0.4, 0.5) is 0 Å². The SMILES string of the molecule is C=C/C=C\CCCCCCCCCCCC. The first kappa shape index (κ1) is 15.5. The summed E-state index contributed by atoms with van der Waals surface area (Å²) in [5.74, 6) is 0. The van der Waals surface area contributed by atoms with E-state index in [4.69, 9.17) is 0 Å². The van der Waals surface area contributed by atoms with Gasteiger partial charge in [0.2, 0.25) is 0 Å². The Balaban J connectivity index is 2.93. The molecule has 94 valence electrons. The fourth-order valence-electron chi connectivity index (χ4n) is 1.94. The molecule has 0 aliphatic carbocycles. The Kier molecular flexibility index (Phi) is 14.0. The predicted molar refractivity (Wildman–Crippen MR) is 75.8 cm³/mol. The fourth-order valence-corrected chi connectivity index (χ4v) is 1.94. The molecule has 0 aromatic carbocycles. The van der Waals surface area contributed by atoms with Crippen LogP contribution in [0.1, 0.15) is 77.6 Å². The van der Waals surface area contributed by atoms with Crippen molar-refractivity contribution in [1.82, 2.24) is 0 Å². The van der Waals surface area contributed by atoms with E-state index in [9.17, 15) is 0 Å². The van der Waals surface area contributed by atoms with Crippen molar-refractivity contribution in [3.05, 3.63) is 24.8 Å². The molecule has 0 spiro atoms. The van der Waals surface area contributed by atoms with E-state index in [0.29, 0.717) is 0 Å². The van der Waals surface area contributed by atoms with Gasteiger partial charge in [0.15, 0.2) is 0 Å². The van der Waals surface area contributed by atoms with E-state index in [0.717, 1.165) is 0 Å². The summed E-state index contributed by atoms with van der Waals surface area (Å²) in [6.45, 7) is 5.94. The monoisotopic (exact) mass is 222 g/mol. The van der Waals surface area contributed by atoms with Gasteiger partial charge in [0.25, 0.3) is 0 Å². The van der Waals surface area contributed by atoms with Gasteiger partial charge in [-0.2, -0.15) is 0 Å². The number of hydrogen-bond donors (Lipinski definition) is 0. The Morgan fingerprint density at radius 3 is 1.75 bits per heavy atom. The summed E-state index contributed by atoms with van der Waals surface area (Å²) in [6, 6.07) is 0. The third-order valence-corrected chi connectivity index (χ3v) is 3.00. The van der Waals surface area contributed by atoms with E-state index in [1.807, 2.05) is 12.2 Å². The van der Waals surface area contributed by atoms with Crippen molar-refractivity contribution in [3.8, 4) is 0 Å². The van der Waals surface area contributed by atoms with Gasteiger partial charge in [0, 0.05) is 0 Å². The minimum atomic E-state index is 1.22. The third-order valence-electron chi connectivity index (χ3n) is 3.00. The smallest absolute Gasteiger partial charge is 0.0348 e. The second-order valence-electron chi connectivity index (χ2n) is 4.63. The Morgan fingerprint density at radius 2 is 1.25 bits per heavy atom. The average molecular weight is 222 g/mol. The van der Waals surface area contributed by atoms with Crippen molar-refractivity contribution in [2.45, 2.75) is 77.6 Å². The highest BCUT2D eigenvalue weighted by Gasteiger charge is 1.91. The van der Waals surface area contributed by atoms with E-state index in [-0.39, 0.29) is 0 Å². The molecule has 0 heteroatoms. The quantitative estimate of drug-likeness (QED) is 0.279. The number of rotatable bonds is 12. The van der Waals surface area contributed by atoms with Gasteiger partial charge in [-0.3, -0.25) is 0 Å². The lowest BCUT2D eigenvalue weighted by molar-refractivity contribution is 0.557. The zero-order valence-electron chi connectivity index (χ0n) is 11.2. The highest BCUT2D eigenvalue weighted by molar-refractivity contribution is 4.96. The lowest BCUT2D eigenvalue weighted by Gasteiger charge is -2.01. The summed E-state index contributed by atoms with van der Waals surface area (Å²) >= 11 is 0. The van der Waals surface area contributed by atoms with E-state index in [2.05, 4.69) is 19.6 Å². The molecule has 0 amide bonds. The zero-order chi connectivity index (χ0) is 11.9. The summed E-state index contributed by atoms with van der Waals surface area (Å²) in [4.78, 5) is 0. The normalized spacial score (nSPS) is 11.1. The molecule has 0 aromatic heterocycles. The molecule has 0 rings (SSSR count). The summed E-state index contributed by atoms with van der Waals surface area (Å²) < 4.78 is 0. The Hall–Kier alpha value is -0.520. The van der Waals surface area contributed by atoms with Crippen LogP contribution in [0.2, 0.25) is 0 Å². The molecule has 0 saturated carbocycles. The molecule has 0 unspecified atom stereocenters. The molecule has 0 N–H and O–H groups in total. The first-order valence-corrected chi connectivity index (χ1v) is 7.19. The van der Waals surface area contributed by atoms with Crippen molar-refractivity contribution in [1.29, 1.82) is 0 Å². The van der Waals surface area contributed by atoms with Gasteiger partial charge >= 0.3 is 0 Å². The fraction of sp³-hybridized carbons (Fsp3) is 0.750. The maximum Gasteiger partial charge on any atom is -0.0348 e. The standard InChI is InChI=1S/C16H30/c1-3-5-7-9-11-13-15-16-14-12-10-8-6-4-2/h3,5,7H,1,4,6,8-16H2,2H3/b7-5-. The second-order valence-corrected chi connectivity index (χ2v) is 4.63. The van der Waals surface area contributed by atoms with Crippen LogP contribution in [0, 0.1) is 0 Å². The largest absolute Gasteiger partial charge is 0.0991 e. The molecule has 0 aliphatic rings. The van der Waals surface area contributed by atoms with Gasteiger partial charge in [-0.1, -0.05) is 89.5 Å². The predicted octanol–water partition coefficient (Wildman–Crippen LogP) is 6.04. The molecule has 0 radical (unpaired) electrons. The molecule has 0 saturated heterocycles. The molecule has 0 bridgehead atoms. The van der Waals surface area contributed by atoms with E-state index in [1.54, 1.807) is 0 Å². The maximum absolute atomic E-state index is 3.66. The van der Waals surface area contributed by atoms with Crippen LogP contribution in [0.5, 0.6) is 0 Å². The van der Waals surface area contributed by atoms with Crippen LogP contribution in [-0.2, 0) is 0 Å². The van der Waals surface area contributed by atoms with E-state index in [1.165, 1.54) is 70.6 Å². The molecule has 0 aliphatic heterocycles. The van der Waals surface area contributed by atoms with Crippen LogP contribution in [-0.4, -0.2) is 0 Å². The molecular weight excluding hydrogens is 192 g/mol. The molecular formula is C16H30. The molecule has 0 aromatic rings. The van der Waals surface area contributed by atoms with Crippen molar-refractivity contribution in [3.63, 3.8) is 0 Å². The highest BCUT2D eigenvalue weighted by atomic mass is 14.0. The Labute approximate surface area is 103 Å². The minimum absolute atomic E-state index is 1.22. The highest BCUT2D eigenvalue weighted by Crippen LogP contribution is 2.11. The summed E-state index contributed by atoms with van der Waals surface area (Å²) in [5, 5.41) is 0. The van der Waals surface area contributed by atoms with Gasteiger partial charge in [-0.15, -0.1) is 0 Å². The van der Waals surface area contributed by atoms with Crippen molar-refractivity contribution in [2.75, 3.05) is 0 Å². The number of allylic oxidation sites excluding steroid dienone is 3. The lowest BCUT2D eigenvalue weighted by atomic mass is 10.1. The Morgan fingerprint density at radius 1 is 0.750 bits per heavy atom. The molecule has 0 atom stereocenters. The summed E-state index contributed by atoms with van der Waals surface area (Å²) in [6.07, 6.45) is 21.6. The number of unbranched alkanes of at least 4 members (excludes halogenated alkanes) is 10. The van der Waals surface area contributed by atoms with Gasteiger partial charge in [0.1, 0.15) is 0 Å². The molecule has 0 heterocycles. The van der Waals surface area contributed by atoms with E-state index >= 15 is 0 Å². The van der Waals surface area contributed by atoms with Crippen LogP contribution in [0.25, 0.3) is 0 Å². The van der Waals surface area contributed by atoms with Crippen LogP contribution in [0.3, 0.4) is 0 Å². The van der Waals surface area contributed by atoms with Gasteiger partial charge in [-0.05, 0) is 12.8 Å². The minimum Gasteiger partial charge on any atom is -0.0991 e. The van der Waals surface area contributed by atoms with E-state index < -0.39 is 0 Å². The lowest BCUT2D eigenvalue weighted by Crippen LogP contribution is -1.81. The van der Waals surface area contributed by atoms with Crippen molar-refractivity contribution < 1.29 is 0 Å². The van der Waals surface area contributed by atoms with Crippen LogP contribution in [0.15, 0.2) is 24.8 Å². The van der Waals surface area contributed by atoms with Crippen LogP contribution >= 0.6 is 0 Å². The summed E-state index contributed by atoms with van der Waals surface area (Å²) in [7, 11) is 0. The molecule has 0 fully saturated rings. The van der Waals surface area contributed by atoms with Gasteiger partial charge in [-0.25, -0.2) is 0 Å². The average Bonchev–Trinajstić information content (AvgIpc) is 2.31. The van der Waals surface area contributed by atoms with Crippen molar-refractivity contribution >= 4 is 0 Å². The zero-order valence-corrected chi connectivity index (χ0v) is 11.2. The van der Waals surface area contributed by atoms with Crippen molar-refractivity contribution in [2.24, 2.45) is 0 Å². The first-order chi connectivity index (χ1) is 7.91. The molecule has 16 heavy (non-hydrogen) atoms. The van der Waals surface area contributed by atoms with Gasteiger partial charge in [0.05, 0.1) is 0 Å². The third kappa shape index (κ3) is 13.5. The topological polar surface area (TPSA) is 0 Å². The Bertz CT molecular complexity index is 155. The maximum atomic E-state index is 3.66. The molecule has 0 nitrogen and oxygen atoms in total. The number of hydrogen-bond acceptors (Lipinski definition) is 0. The first-order valence-electron chi connectivity index (χ1n) is 7.19. The van der Waals surface area contributed by atoms with Gasteiger partial charge < -0.3 is 0 Å².